The average molecular weight is 439 g/mol. The lowest BCUT2D eigenvalue weighted by Gasteiger charge is -2.32. The van der Waals surface area contributed by atoms with Gasteiger partial charge in [0.05, 0.1) is 17.2 Å². The van der Waals surface area contributed by atoms with Crippen molar-refractivity contribution in [3.8, 4) is 11.5 Å². The van der Waals surface area contributed by atoms with Crippen LogP contribution in [0.15, 0.2) is 30.3 Å². The number of halogens is 2. The number of methoxy groups -OCH3 is 1. The number of aromatic hydroxyl groups is 1. The highest BCUT2D eigenvalue weighted by Gasteiger charge is 2.20. The van der Waals surface area contributed by atoms with Gasteiger partial charge in [-0.1, -0.05) is 29.3 Å². The van der Waals surface area contributed by atoms with Gasteiger partial charge >= 0.3 is 5.97 Å². The molecule has 2 aromatic carbocycles. The normalized spacial score (nSPS) is 15.4. The van der Waals surface area contributed by atoms with Crippen LogP contribution in [-0.4, -0.2) is 47.3 Å². The molecule has 0 atom stereocenters. The predicted molar refractivity (Wildman–Crippen MR) is 113 cm³/mol. The molecular formula is C21H24Cl2N2O4. The number of phenols is 1. The fourth-order valence-electron chi connectivity index (χ4n) is 3.54. The van der Waals surface area contributed by atoms with Crippen molar-refractivity contribution < 1.29 is 19.7 Å². The monoisotopic (exact) mass is 438 g/mol. The Balaban J connectivity index is 1.53. The summed E-state index contributed by atoms with van der Waals surface area (Å²) in [5, 5.41) is 23.8. The third-order valence-corrected chi connectivity index (χ3v) is 5.90. The summed E-state index contributed by atoms with van der Waals surface area (Å²) < 4.78 is 5.09. The van der Waals surface area contributed by atoms with E-state index in [4.69, 9.17) is 27.9 Å². The topological polar surface area (TPSA) is 82.0 Å². The maximum atomic E-state index is 11.3. The number of nitrogens with one attached hydrogen (secondary N) is 1. The van der Waals surface area contributed by atoms with Gasteiger partial charge in [-0.3, -0.25) is 4.90 Å². The van der Waals surface area contributed by atoms with Gasteiger partial charge in [0.25, 0.3) is 0 Å². The van der Waals surface area contributed by atoms with E-state index in [0.29, 0.717) is 22.6 Å². The molecule has 0 aliphatic carbocycles. The molecule has 1 saturated heterocycles. The van der Waals surface area contributed by atoms with Gasteiger partial charge in [0.15, 0.2) is 11.5 Å². The Morgan fingerprint density at radius 2 is 1.90 bits per heavy atom. The second kappa shape index (κ2) is 9.67. The number of hydrogen-bond donors (Lipinski definition) is 3. The highest BCUT2D eigenvalue weighted by Crippen LogP contribution is 2.31. The van der Waals surface area contributed by atoms with E-state index in [2.05, 4.69) is 10.2 Å². The Kier molecular flexibility index (Phi) is 7.24. The van der Waals surface area contributed by atoms with Gasteiger partial charge in [-0.25, -0.2) is 4.79 Å². The summed E-state index contributed by atoms with van der Waals surface area (Å²) in [4.78, 5) is 13.7. The first-order valence-corrected chi connectivity index (χ1v) is 10.2. The van der Waals surface area contributed by atoms with Crippen LogP contribution in [0.3, 0.4) is 0 Å². The van der Waals surface area contributed by atoms with E-state index < -0.39 is 5.97 Å². The molecule has 3 rings (SSSR count). The number of aromatic carboxylic acids is 1. The van der Waals surface area contributed by atoms with Gasteiger partial charge in [0, 0.05) is 19.1 Å². The molecule has 1 heterocycles. The first kappa shape index (κ1) is 21.7. The van der Waals surface area contributed by atoms with Crippen molar-refractivity contribution in [3.63, 3.8) is 0 Å². The van der Waals surface area contributed by atoms with Gasteiger partial charge < -0.3 is 20.3 Å². The maximum absolute atomic E-state index is 11.3. The van der Waals surface area contributed by atoms with E-state index in [1.165, 1.54) is 13.2 Å². The lowest BCUT2D eigenvalue weighted by Crippen LogP contribution is -2.41. The molecule has 0 radical (unpaired) electrons. The lowest BCUT2D eigenvalue weighted by molar-refractivity contribution is 0.0693. The number of piperidine rings is 1. The second-order valence-electron chi connectivity index (χ2n) is 7.18. The number of nitrogens with zero attached hydrogens (tertiary/aromatic N) is 1. The molecule has 0 amide bonds. The molecule has 0 spiro atoms. The van der Waals surface area contributed by atoms with Crippen LogP contribution in [0.1, 0.15) is 34.3 Å². The third-order valence-electron chi connectivity index (χ3n) is 5.16. The molecule has 3 N–H and O–H groups in total. The fraction of sp³-hybridized carbons (Fsp3) is 0.381. The molecule has 8 heteroatoms. The minimum atomic E-state index is -1.18. The highest BCUT2D eigenvalue weighted by atomic mass is 35.5. The van der Waals surface area contributed by atoms with Gasteiger partial charge in [0.1, 0.15) is 5.56 Å². The minimum Gasteiger partial charge on any atom is -0.504 e. The first-order chi connectivity index (χ1) is 13.9. The van der Waals surface area contributed by atoms with Crippen molar-refractivity contribution >= 4 is 29.2 Å². The lowest BCUT2D eigenvalue weighted by atomic mass is 10.0. The first-order valence-electron chi connectivity index (χ1n) is 9.40. The number of carboxylic acids is 1. The molecule has 2 aromatic rings. The Hall–Kier alpha value is -1.99. The molecule has 0 unspecified atom stereocenters. The molecule has 1 fully saturated rings. The van der Waals surface area contributed by atoms with E-state index in [9.17, 15) is 15.0 Å². The summed E-state index contributed by atoms with van der Waals surface area (Å²) in [5.41, 5.74) is 1.75. The second-order valence-corrected chi connectivity index (χ2v) is 7.99. The molecular weight excluding hydrogens is 415 g/mol. The number of ether oxygens (including phenoxy) is 1. The number of likely N-dealkylation sites (tertiary alicyclic amines) is 1. The molecule has 1 aliphatic rings. The smallest absolute Gasteiger partial charge is 0.339 e. The average Bonchev–Trinajstić information content (AvgIpc) is 2.70. The zero-order valence-corrected chi connectivity index (χ0v) is 17.6. The van der Waals surface area contributed by atoms with Crippen LogP contribution in [0.5, 0.6) is 11.5 Å². The van der Waals surface area contributed by atoms with Crippen LogP contribution < -0.4 is 10.1 Å². The van der Waals surface area contributed by atoms with E-state index in [-0.39, 0.29) is 17.1 Å². The van der Waals surface area contributed by atoms with Crippen LogP contribution in [0.25, 0.3) is 0 Å². The molecule has 156 valence electrons. The molecule has 1 aliphatic heterocycles. The van der Waals surface area contributed by atoms with Crippen molar-refractivity contribution in [2.45, 2.75) is 32.0 Å². The van der Waals surface area contributed by atoms with Crippen LogP contribution in [0.2, 0.25) is 10.0 Å². The Bertz CT molecular complexity index is 883. The van der Waals surface area contributed by atoms with Gasteiger partial charge in [-0.2, -0.15) is 0 Å². The fourth-order valence-corrected chi connectivity index (χ4v) is 3.86. The molecule has 0 bridgehead atoms. The zero-order chi connectivity index (χ0) is 21.0. The number of hydrogen-bond acceptors (Lipinski definition) is 5. The van der Waals surface area contributed by atoms with E-state index in [1.54, 1.807) is 6.07 Å². The van der Waals surface area contributed by atoms with E-state index >= 15 is 0 Å². The van der Waals surface area contributed by atoms with Gasteiger partial charge in [-0.15, -0.1) is 0 Å². The zero-order valence-electron chi connectivity index (χ0n) is 16.1. The quantitative estimate of drug-likeness (QED) is 0.601. The van der Waals surface area contributed by atoms with Crippen molar-refractivity contribution in [1.82, 2.24) is 10.2 Å². The predicted octanol–water partition coefficient (Wildman–Crippen LogP) is 4.16. The Morgan fingerprint density at radius 3 is 2.52 bits per heavy atom. The van der Waals surface area contributed by atoms with Crippen LogP contribution >= 0.6 is 23.2 Å². The van der Waals surface area contributed by atoms with Crippen LogP contribution in [0.4, 0.5) is 0 Å². The van der Waals surface area contributed by atoms with Crippen molar-refractivity contribution in [3.05, 3.63) is 57.1 Å². The van der Waals surface area contributed by atoms with E-state index in [0.717, 1.165) is 43.6 Å². The minimum absolute atomic E-state index is 0.155. The van der Waals surface area contributed by atoms with Crippen molar-refractivity contribution in [2.75, 3.05) is 20.2 Å². The van der Waals surface area contributed by atoms with Gasteiger partial charge in [-0.05, 0) is 61.3 Å². The van der Waals surface area contributed by atoms with Crippen LogP contribution in [0, 0.1) is 0 Å². The highest BCUT2D eigenvalue weighted by molar-refractivity contribution is 6.42. The van der Waals surface area contributed by atoms with Crippen LogP contribution in [-0.2, 0) is 13.1 Å². The van der Waals surface area contributed by atoms with E-state index in [1.807, 2.05) is 18.2 Å². The third kappa shape index (κ3) is 5.54. The summed E-state index contributed by atoms with van der Waals surface area (Å²) in [7, 11) is 1.40. The standard InChI is InChI=1S/C21H24Cl2N2O4/c1-29-19-10-14(8-16(20(19)26)21(27)28)11-24-15-4-6-25(7-5-15)12-13-2-3-17(22)18(23)9-13/h2-3,8-10,15,24,26H,4-7,11-12H2,1H3,(H,27,28). The summed E-state index contributed by atoms with van der Waals surface area (Å²) in [6.45, 7) is 3.25. The molecule has 0 aromatic heterocycles. The van der Waals surface area contributed by atoms with Crippen molar-refractivity contribution in [2.24, 2.45) is 0 Å². The molecule has 6 nitrogen and oxygen atoms in total. The maximum Gasteiger partial charge on any atom is 0.339 e. The van der Waals surface area contributed by atoms with Gasteiger partial charge in [0.2, 0.25) is 0 Å². The number of carbonyl (C=O) groups is 1. The number of rotatable bonds is 7. The SMILES string of the molecule is COc1cc(CNC2CCN(Cc3ccc(Cl)c(Cl)c3)CC2)cc(C(=O)O)c1O. The number of benzene rings is 2. The number of carboxylic acid groups (broad SMARTS) is 1. The summed E-state index contributed by atoms with van der Waals surface area (Å²) in [5.74, 6) is -1.37. The largest absolute Gasteiger partial charge is 0.504 e. The summed E-state index contributed by atoms with van der Waals surface area (Å²) in [6.07, 6.45) is 1.98. The molecule has 29 heavy (non-hydrogen) atoms. The Morgan fingerprint density at radius 1 is 1.17 bits per heavy atom. The molecule has 0 saturated carbocycles. The summed E-state index contributed by atoms with van der Waals surface area (Å²) >= 11 is 12.1. The summed E-state index contributed by atoms with van der Waals surface area (Å²) in [6, 6.07) is 9.21. The van der Waals surface area contributed by atoms with Crippen molar-refractivity contribution in [1.29, 1.82) is 0 Å². The Labute approximate surface area is 180 Å².